The van der Waals surface area contributed by atoms with E-state index in [0.717, 1.165) is 0 Å². The SMILES string of the molecule is C/C=C\OC(=O)c1cc(Cl)c(Cl)cc1C(=O)Nc1ccc(O)cc1. The van der Waals surface area contributed by atoms with Crippen LogP contribution in [0.5, 0.6) is 5.75 Å². The fourth-order valence-electron chi connectivity index (χ4n) is 1.84. The van der Waals surface area contributed by atoms with Crippen LogP contribution < -0.4 is 5.32 Å². The number of phenols is 1. The van der Waals surface area contributed by atoms with Crippen LogP contribution in [0.25, 0.3) is 0 Å². The molecule has 0 bridgehead atoms. The van der Waals surface area contributed by atoms with E-state index in [2.05, 4.69) is 5.32 Å². The lowest BCUT2D eigenvalue weighted by Crippen LogP contribution is -2.17. The van der Waals surface area contributed by atoms with Gasteiger partial charge in [0.05, 0.1) is 27.4 Å². The summed E-state index contributed by atoms with van der Waals surface area (Å²) in [4.78, 5) is 24.6. The monoisotopic (exact) mass is 365 g/mol. The molecule has 7 heteroatoms. The minimum Gasteiger partial charge on any atom is -0.508 e. The van der Waals surface area contributed by atoms with E-state index in [1.54, 1.807) is 6.92 Å². The van der Waals surface area contributed by atoms with Crippen LogP contribution in [-0.4, -0.2) is 17.0 Å². The van der Waals surface area contributed by atoms with Crippen molar-refractivity contribution < 1.29 is 19.4 Å². The molecular weight excluding hydrogens is 353 g/mol. The number of nitrogens with one attached hydrogen (secondary N) is 1. The van der Waals surface area contributed by atoms with Gasteiger partial charge in [0.2, 0.25) is 0 Å². The minimum absolute atomic E-state index is 0.0150. The van der Waals surface area contributed by atoms with Crippen molar-refractivity contribution in [3.63, 3.8) is 0 Å². The molecule has 0 aliphatic heterocycles. The van der Waals surface area contributed by atoms with Gasteiger partial charge in [-0.3, -0.25) is 4.79 Å². The Morgan fingerprint density at radius 1 is 1.08 bits per heavy atom. The number of amides is 1. The lowest BCUT2D eigenvalue weighted by Gasteiger charge is -2.11. The number of rotatable bonds is 4. The molecule has 124 valence electrons. The van der Waals surface area contributed by atoms with Gasteiger partial charge in [-0.15, -0.1) is 0 Å². The number of anilines is 1. The second kappa shape index (κ2) is 7.86. The average molecular weight is 366 g/mol. The standard InChI is InChI=1S/C17H13Cl2NO4/c1-2-7-24-17(23)13-9-15(19)14(18)8-12(13)16(22)20-10-3-5-11(21)6-4-10/h2-9,21H,1H3,(H,20,22)/b7-2-. The summed E-state index contributed by atoms with van der Waals surface area (Å²) >= 11 is 11.9. The zero-order valence-corrected chi connectivity index (χ0v) is 14.1. The first-order chi connectivity index (χ1) is 11.4. The average Bonchev–Trinajstić information content (AvgIpc) is 2.56. The third kappa shape index (κ3) is 4.28. The number of carbonyl (C=O) groups is 2. The molecule has 2 N–H and O–H groups in total. The molecule has 0 fully saturated rings. The van der Waals surface area contributed by atoms with Crippen molar-refractivity contribution in [3.8, 4) is 5.75 Å². The highest BCUT2D eigenvalue weighted by Gasteiger charge is 2.20. The molecule has 1 amide bonds. The Labute approximate surface area is 148 Å². The normalized spacial score (nSPS) is 10.6. The number of allylic oxidation sites excluding steroid dienone is 1. The Morgan fingerprint density at radius 3 is 2.25 bits per heavy atom. The summed E-state index contributed by atoms with van der Waals surface area (Å²) in [5, 5.41) is 12.1. The number of carbonyl (C=O) groups excluding carboxylic acids is 2. The molecule has 5 nitrogen and oxygen atoms in total. The van der Waals surface area contributed by atoms with Crippen LogP contribution in [0.2, 0.25) is 10.0 Å². The van der Waals surface area contributed by atoms with Crippen molar-refractivity contribution in [2.24, 2.45) is 0 Å². The summed E-state index contributed by atoms with van der Waals surface area (Å²) in [6, 6.07) is 8.45. The topological polar surface area (TPSA) is 75.6 Å². The van der Waals surface area contributed by atoms with Crippen LogP contribution in [0.4, 0.5) is 5.69 Å². The third-order valence-corrected chi connectivity index (χ3v) is 3.68. The summed E-state index contributed by atoms with van der Waals surface area (Å²) in [5.41, 5.74) is 0.447. The van der Waals surface area contributed by atoms with Crippen molar-refractivity contribution in [1.29, 1.82) is 0 Å². The lowest BCUT2D eigenvalue weighted by atomic mass is 10.1. The highest BCUT2D eigenvalue weighted by molar-refractivity contribution is 6.42. The summed E-state index contributed by atoms with van der Waals surface area (Å²) in [6.45, 7) is 1.68. The highest BCUT2D eigenvalue weighted by Crippen LogP contribution is 2.27. The number of hydrogen-bond acceptors (Lipinski definition) is 4. The maximum atomic E-state index is 12.5. The number of esters is 1. The Balaban J connectivity index is 2.36. The van der Waals surface area contributed by atoms with Crippen molar-refractivity contribution in [3.05, 3.63) is 69.9 Å². The van der Waals surface area contributed by atoms with Crippen LogP contribution in [0.3, 0.4) is 0 Å². The summed E-state index contributed by atoms with van der Waals surface area (Å²) in [7, 11) is 0. The Bertz CT molecular complexity index is 801. The Kier molecular flexibility index (Phi) is 5.84. The molecule has 0 saturated carbocycles. The van der Waals surface area contributed by atoms with E-state index in [-0.39, 0.29) is 26.9 Å². The summed E-state index contributed by atoms with van der Waals surface area (Å²) < 4.78 is 4.89. The molecule has 2 rings (SSSR count). The Morgan fingerprint density at radius 2 is 1.67 bits per heavy atom. The van der Waals surface area contributed by atoms with Crippen LogP contribution in [0, 0.1) is 0 Å². The lowest BCUT2D eigenvalue weighted by molar-refractivity contribution is 0.0658. The van der Waals surface area contributed by atoms with Crippen molar-refractivity contribution in [2.75, 3.05) is 5.32 Å². The number of aromatic hydroxyl groups is 1. The number of benzene rings is 2. The number of halogens is 2. The molecule has 0 saturated heterocycles. The fraction of sp³-hybridized carbons (Fsp3) is 0.0588. The van der Waals surface area contributed by atoms with Gasteiger partial charge in [-0.1, -0.05) is 29.3 Å². The van der Waals surface area contributed by atoms with Gasteiger partial charge in [-0.25, -0.2) is 4.79 Å². The largest absolute Gasteiger partial charge is 0.508 e. The molecule has 0 unspecified atom stereocenters. The molecule has 2 aromatic rings. The quantitative estimate of drug-likeness (QED) is 0.470. The van der Waals surface area contributed by atoms with Crippen LogP contribution in [-0.2, 0) is 4.74 Å². The number of ether oxygens (including phenoxy) is 1. The van der Waals surface area contributed by atoms with Gasteiger partial charge in [-0.2, -0.15) is 0 Å². The molecule has 0 spiro atoms. The van der Waals surface area contributed by atoms with E-state index in [1.165, 1.54) is 48.7 Å². The molecule has 0 aliphatic rings. The first-order valence-electron chi connectivity index (χ1n) is 6.84. The zero-order chi connectivity index (χ0) is 17.7. The second-order valence-electron chi connectivity index (χ2n) is 4.69. The highest BCUT2D eigenvalue weighted by atomic mass is 35.5. The minimum atomic E-state index is -0.734. The number of phenolic OH excluding ortho intramolecular Hbond substituents is 1. The zero-order valence-electron chi connectivity index (χ0n) is 12.5. The molecule has 2 aromatic carbocycles. The van der Waals surface area contributed by atoms with E-state index >= 15 is 0 Å². The van der Waals surface area contributed by atoms with Gasteiger partial charge in [0.25, 0.3) is 5.91 Å². The van der Waals surface area contributed by atoms with Crippen molar-refractivity contribution >= 4 is 40.8 Å². The predicted molar refractivity (Wildman–Crippen MR) is 92.8 cm³/mol. The maximum Gasteiger partial charge on any atom is 0.343 e. The number of hydrogen-bond donors (Lipinski definition) is 2. The molecule has 0 aromatic heterocycles. The van der Waals surface area contributed by atoms with Gasteiger partial charge in [-0.05, 0) is 43.3 Å². The first kappa shape index (κ1) is 17.8. The summed E-state index contributed by atoms with van der Waals surface area (Å²) in [5.74, 6) is -1.23. The molecule has 24 heavy (non-hydrogen) atoms. The van der Waals surface area contributed by atoms with E-state index in [0.29, 0.717) is 5.69 Å². The van der Waals surface area contributed by atoms with Crippen molar-refractivity contribution in [2.45, 2.75) is 6.92 Å². The fourth-order valence-corrected chi connectivity index (χ4v) is 2.17. The molecule has 0 radical (unpaired) electrons. The maximum absolute atomic E-state index is 12.5. The molecule has 0 aliphatic carbocycles. The first-order valence-corrected chi connectivity index (χ1v) is 7.59. The smallest absolute Gasteiger partial charge is 0.343 e. The Hall–Kier alpha value is -2.50. The second-order valence-corrected chi connectivity index (χ2v) is 5.50. The molecule has 0 atom stereocenters. The van der Waals surface area contributed by atoms with Crippen LogP contribution in [0.1, 0.15) is 27.6 Å². The van der Waals surface area contributed by atoms with Crippen LogP contribution in [0.15, 0.2) is 48.7 Å². The molecular formula is C17H13Cl2NO4. The van der Waals surface area contributed by atoms with Crippen molar-refractivity contribution in [1.82, 2.24) is 0 Å². The predicted octanol–water partition coefficient (Wildman–Crippen LogP) is 4.64. The van der Waals surface area contributed by atoms with Crippen LogP contribution >= 0.6 is 23.2 Å². The van der Waals surface area contributed by atoms with Gasteiger partial charge in [0, 0.05) is 5.69 Å². The van der Waals surface area contributed by atoms with E-state index < -0.39 is 11.9 Å². The van der Waals surface area contributed by atoms with Gasteiger partial charge in [0.15, 0.2) is 0 Å². The van der Waals surface area contributed by atoms with E-state index in [9.17, 15) is 14.7 Å². The van der Waals surface area contributed by atoms with E-state index in [1.807, 2.05) is 0 Å². The summed E-state index contributed by atoms with van der Waals surface area (Å²) in [6.07, 6.45) is 2.73. The third-order valence-electron chi connectivity index (χ3n) is 2.96. The van der Waals surface area contributed by atoms with Gasteiger partial charge in [0.1, 0.15) is 5.75 Å². The van der Waals surface area contributed by atoms with E-state index in [4.69, 9.17) is 27.9 Å². The van der Waals surface area contributed by atoms with Gasteiger partial charge >= 0.3 is 5.97 Å². The molecule has 0 heterocycles. The van der Waals surface area contributed by atoms with Gasteiger partial charge < -0.3 is 15.2 Å².